The fourth-order valence-electron chi connectivity index (χ4n) is 9.75. The zero-order valence-corrected chi connectivity index (χ0v) is 30.9. The van der Waals surface area contributed by atoms with Gasteiger partial charge in [-0.3, -0.25) is 19.4 Å². The fraction of sp³-hybridized carbons (Fsp3) is 0.634. The number of methoxy groups -OCH3 is 1. The van der Waals surface area contributed by atoms with Crippen molar-refractivity contribution in [3.63, 3.8) is 0 Å². The third-order valence-electron chi connectivity index (χ3n) is 13.5. The first-order valence-corrected chi connectivity index (χ1v) is 19.4. The quantitative estimate of drug-likeness (QED) is 0.225. The molecule has 1 aliphatic heterocycles. The molecule has 5 aliphatic carbocycles. The molecule has 10 heteroatoms. The van der Waals surface area contributed by atoms with Gasteiger partial charge in [0, 0.05) is 37.3 Å². The predicted octanol–water partition coefficient (Wildman–Crippen LogP) is 7.83. The smallest absolute Gasteiger partial charge is 0.410 e. The van der Waals surface area contributed by atoms with Crippen LogP contribution in [-0.2, 0) is 20.5 Å². The highest BCUT2D eigenvalue weighted by Crippen LogP contribution is 2.58. The number of likely N-dealkylation sites (tertiary alicyclic amines) is 1. The van der Waals surface area contributed by atoms with Crippen LogP contribution in [0, 0.1) is 24.2 Å². The Morgan fingerprint density at radius 2 is 1.69 bits per heavy atom. The molecule has 9 rings (SSSR count). The summed E-state index contributed by atoms with van der Waals surface area (Å²) in [5, 5.41) is 4.71. The fourth-order valence-corrected chi connectivity index (χ4v) is 9.75. The number of aromatic nitrogens is 4. The van der Waals surface area contributed by atoms with Crippen molar-refractivity contribution in [3.8, 4) is 17.0 Å². The van der Waals surface area contributed by atoms with Gasteiger partial charge < -0.3 is 14.4 Å². The molecule has 0 N–H and O–H groups in total. The largest absolute Gasteiger partial charge is 0.496 e. The van der Waals surface area contributed by atoms with E-state index < -0.39 is 0 Å². The van der Waals surface area contributed by atoms with Gasteiger partial charge in [0.2, 0.25) is 5.91 Å². The van der Waals surface area contributed by atoms with Gasteiger partial charge in [-0.1, -0.05) is 19.1 Å². The van der Waals surface area contributed by atoms with Crippen LogP contribution in [0.25, 0.3) is 11.3 Å². The monoisotopic (exact) mass is 694 g/mol. The van der Waals surface area contributed by atoms with Crippen molar-refractivity contribution in [2.24, 2.45) is 17.3 Å². The maximum absolute atomic E-state index is 14.7. The Morgan fingerprint density at radius 1 is 0.961 bits per heavy atom. The first-order chi connectivity index (χ1) is 24.6. The van der Waals surface area contributed by atoms with E-state index in [0.717, 1.165) is 81.5 Å². The van der Waals surface area contributed by atoms with Crippen LogP contribution in [0.5, 0.6) is 5.75 Å². The summed E-state index contributed by atoms with van der Waals surface area (Å²) in [5.74, 6) is 2.10. The minimum absolute atomic E-state index is 0.0431. The van der Waals surface area contributed by atoms with Crippen LogP contribution < -0.4 is 9.64 Å². The van der Waals surface area contributed by atoms with Gasteiger partial charge >= 0.3 is 6.09 Å². The second-order valence-electron chi connectivity index (χ2n) is 17.0. The summed E-state index contributed by atoms with van der Waals surface area (Å²) in [7, 11) is 1.74. The number of carbonyl (C=O) groups is 2. The van der Waals surface area contributed by atoms with Crippen molar-refractivity contribution in [3.05, 3.63) is 54.1 Å². The number of rotatable bonds is 9. The van der Waals surface area contributed by atoms with Gasteiger partial charge in [-0.2, -0.15) is 5.10 Å². The zero-order valence-electron chi connectivity index (χ0n) is 30.9. The summed E-state index contributed by atoms with van der Waals surface area (Å²) in [6.45, 7) is 8.73. The van der Waals surface area contributed by atoms with Crippen molar-refractivity contribution in [2.75, 3.05) is 31.6 Å². The molecule has 5 saturated carbocycles. The van der Waals surface area contributed by atoms with E-state index in [9.17, 15) is 9.59 Å². The molecule has 0 radical (unpaired) electrons. The SMILES string of the molecule is COc1ccc(C23CCC(CN(C(=O)C4CCC(OC(=O)N5CC(C)C5)CC4)c4cncc(-c5cnn(C6(C)CCC6)c5)n4)(CC2)CC3)cc1C. The highest BCUT2D eigenvalue weighted by atomic mass is 16.6. The minimum Gasteiger partial charge on any atom is -0.496 e. The van der Waals surface area contributed by atoms with Crippen LogP contribution in [0.3, 0.4) is 0 Å². The lowest BCUT2D eigenvalue weighted by molar-refractivity contribution is -0.124. The Bertz CT molecular complexity index is 1740. The van der Waals surface area contributed by atoms with Crippen LogP contribution in [0.2, 0.25) is 0 Å². The van der Waals surface area contributed by atoms with Crippen molar-refractivity contribution in [2.45, 2.75) is 121 Å². The van der Waals surface area contributed by atoms with E-state index in [1.807, 2.05) is 11.1 Å². The predicted molar refractivity (Wildman–Crippen MR) is 196 cm³/mol. The molecule has 51 heavy (non-hydrogen) atoms. The van der Waals surface area contributed by atoms with E-state index in [1.165, 1.54) is 17.5 Å². The first kappa shape index (κ1) is 34.2. The van der Waals surface area contributed by atoms with Crippen LogP contribution in [0.15, 0.2) is 43.0 Å². The van der Waals surface area contributed by atoms with Crippen LogP contribution in [-0.4, -0.2) is 69.5 Å². The second-order valence-corrected chi connectivity index (χ2v) is 17.0. The number of hydrogen-bond acceptors (Lipinski definition) is 7. The molecule has 6 aliphatic rings. The number of hydrogen-bond donors (Lipinski definition) is 0. The van der Waals surface area contributed by atoms with E-state index in [4.69, 9.17) is 19.6 Å². The summed E-state index contributed by atoms with van der Waals surface area (Å²) in [5.41, 5.74) is 4.58. The number of anilines is 1. The van der Waals surface area contributed by atoms with E-state index >= 15 is 0 Å². The summed E-state index contributed by atoms with van der Waals surface area (Å²) in [4.78, 5) is 40.9. The molecule has 1 aromatic carbocycles. The molecule has 0 unspecified atom stereocenters. The van der Waals surface area contributed by atoms with Crippen LogP contribution in [0.1, 0.15) is 108 Å². The summed E-state index contributed by atoms with van der Waals surface area (Å²) in [6.07, 6.45) is 20.1. The summed E-state index contributed by atoms with van der Waals surface area (Å²) in [6, 6.07) is 6.73. The molecule has 3 heterocycles. The lowest BCUT2D eigenvalue weighted by Gasteiger charge is -2.55. The number of aryl methyl sites for hydroxylation is 1. The van der Waals surface area contributed by atoms with Crippen LogP contribution >= 0.6 is 0 Å². The van der Waals surface area contributed by atoms with E-state index in [0.29, 0.717) is 44.0 Å². The average molecular weight is 695 g/mol. The highest BCUT2D eigenvalue weighted by Gasteiger charge is 2.51. The average Bonchev–Trinajstić information content (AvgIpc) is 3.63. The number of fused-ring (bicyclic) bond motifs is 3. The Labute approximate surface area is 302 Å². The second kappa shape index (κ2) is 13.2. The van der Waals surface area contributed by atoms with Crippen molar-refractivity contribution < 1.29 is 19.1 Å². The Kier molecular flexibility index (Phi) is 8.86. The van der Waals surface area contributed by atoms with Crippen molar-refractivity contribution >= 4 is 17.8 Å². The van der Waals surface area contributed by atoms with E-state index in [2.05, 4.69) is 54.8 Å². The molecule has 2 amide bonds. The maximum atomic E-state index is 14.7. The number of amides is 2. The number of nitrogens with zero attached hydrogens (tertiary/aromatic N) is 6. The third-order valence-corrected chi connectivity index (χ3v) is 13.5. The topological polar surface area (TPSA) is 103 Å². The number of ether oxygens (including phenoxy) is 2. The maximum Gasteiger partial charge on any atom is 0.410 e. The minimum atomic E-state index is -0.208. The number of benzene rings is 1. The Hall–Kier alpha value is -3.95. The lowest BCUT2D eigenvalue weighted by Crippen LogP contribution is -2.52. The van der Waals surface area contributed by atoms with Gasteiger partial charge in [0.15, 0.2) is 5.82 Å². The van der Waals surface area contributed by atoms with Gasteiger partial charge in [0.1, 0.15) is 11.9 Å². The molecule has 272 valence electrons. The molecule has 2 aromatic heterocycles. The van der Waals surface area contributed by atoms with Gasteiger partial charge in [-0.05, 0) is 131 Å². The molecule has 10 nitrogen and oxygen atoms in total. The molecule has 6 fully saturated rings. The molecule has 3 aromatic rings. The summed E-state index contributed by atoms with van der Waals surface area (Å²) < 4.78 is 13.5. The van der Waals surface area contributed by atoms with Crippen molar-refractivity contribution in [1.29, 1.82) is 0 Å². The standard InChI is InChI=1S/C41H54N6O4/c1-28-24-45(25-28)38(49)51-33-9-6-30(7-10-33)37(48)46(36-23-42-22-34(44-36)31-21-43-47(26-31)39(3)12-5-13-39)27-40-14-17-41(18-15-40,19-16-40)32-8-11-35(50-4)29(2)20-32/h8,11,20-23,26,28,30,33H,5-7,9-10,12-19,24-25,27H2,1-4H3. The number of carbonyl (C=O) groups excluding carboxylic acids is 2. The first-order valence-electron chi connectivity index (χ1n) is 19.4. The normalized spacial score (nSPS) is 28.4. The summed E-state index contributed by atoms with van der Waals surface area (Å²) >= 11 is 0. The zero-order chi connectivity index (χ0) is 35.4. The molecule has 0 atom stereocenters. The van der Waals surface area contributed by atoms with Gasteiger partial charge in [0.25, 0.3) is 0 Å². The van der Waals surface area contributed by atoms with Crippen molar-refractivity contribution in [1.82, 2.24) is 24.6 Å². The highest BCUT2D eigenvalue weighted by molar-refractivity contribution is 5.94. The Morgan fingerprint density at radius 3 is 2.31 bits per heavy atom. The van der Waals surface area contributed by atoms with Gasteiger partial charge in [-0.25, -0.2) is 9.78 Å². The molecule has 0 spiro atoms. The molecule has 1 saturated heterocycles. The van der Waals surface area contributed by atoms with Gasteiger partial charge in [0.05, 0.1) is 36.9 Å². The lowest BCUT2D eigenvalue weighted by atomic mass is 9.51. The van der Waals surface area contributed by atoms with Crippen LogP contribution in [0.4, 0.5) is 10.6 Å². The van der Waals surface area contributed by atoms with Gasteiger partial charge in [-0.15, -0.1) is 0 Å². The molecular weight excluding hydrogens is 640 g/mol. The Balaban J connectivity index is 1.01. The van der Waals surface area contributed by atoms with E-state index in [1.54, 1.807) is 24.4 Å². The van der Waals surface area contributed by atoms with E-state index in [-0.39, 0.29) is 40.4 Å². The molecular formula is C41H54N6O4. The molecule has 2 bridgehead atoms. The third kappa shape index (κ3) is 6.41.